The molecule has 4 aromatic rings. The van der Waals surface area contributed by atoms with Gasteiger partial charge < -0.3 is 30.2 Å². The van der Waals surface area contributed by atoms with Crippen LogP contribution in [-0.4, -0.2) is 47.1 Å². The van der Waals surface area contributed by atoms with Crippen molar-refractivity contribution in [1.82, 2.24) is 15.3 Å². The number of anilines is 3. The Morgan fingerprint density at radius 2 is 1.89 bits per heavy atom. The third-order valence-corrected chi connectivity index (χ3v) is 6.47. The summed E-state index contributed by atoms with van der Waals surface area (Å²) in [4.78, 5) is 33.4. The van der Waals surface area contributed by atoms with Gasteiger partial charge in [0.05, 0.1) is 46.3 Å². The van der Waals surface area contributed by atoms with Gasteiger partial charge in [0.2, 0.25) is 5.91 Å². The van der Waals surface area contributed by atoms with Crippen LogP contribution in [0, 0.1) is 11.3 Å². The monoisotopic (exact) mass is 642 g/mol. The van der Waals surface area contributed by atoms with Gasteiger partial charge in [0.15, 0.2) is 0 Å². The predicted octanol–water partition coefficient (Wildman–Crippen LogP) is 6.30. The van der Waals surface area contributed by atoms with Gasteiger partial charge in [0.25, 0.3) is 0 Å². The number of aromatic nitrogens is 2. The van der Waals surface area contributed by atoms with Crippen LogP contribution in [0.15, 0.2) is 73.1 Å². The number of hydrogen-bond donors (Lipinski definition) is 3. The maximum atomic E-state index is 12.8. The Labute approximate surface area is 272 Å². The van der Waals surface area contributed by atoms with Gasteiger partial charge in [-0.15, -0.1) is 0 Å². The van der Waals surface area contributed by atoms with Crippen molar-refractivity contribution >= 4 is 51.4 Å². The minimum atomic E-state index is -0.571. The van der Waals surface area contributed by atoms with Crippen molar-refractivity contribution < 1.29 is 23.8 Å². The normalized spacial score (nSPS) is 11.2. The van der Waals surface area contributed by atoms with Crippen molar-refractivity contribution in [3.63, 3.8) is 0 Å². The molecule has 0 saturated heterocycles. The van der Waals surface area contributed by atoms with Gasteiger partial charge in [0.1, 0.15) is 29.8 Å². The van der Waals surface area contributed by atoms with Crippen molar-refractivity contribution in [2.24, 2.45) is 0 Å². The van der Waals surface area contributed by atoms with E-state index >= 15 is 0 Å². The number of carbonyl (C=O) groups excluding carboxylic acids is 2. The third kappa shape index (κ3) is 9.66. The molecule has 238 valence electrons. The van der Waals surface area contributed by atoms with Crippen molar-refractivity contribution in [3.05, 3.63) is 89.4 Å². The first-order chi connectivity index (χ1) is 22.1. The second kappa shape index (κ2) is 15.7. The average Bonchev–Trinajstić information content (AvgIpc) is 3.01. The van der Waals surface area contributed by atoms with Crippen LogP contribution in [0.25, 0.3) is 10.9 Å². The first-order valence-corrected chi connectivity index (χ1v) is 14.9. The summed E-state index contributed by atoms with van der Waals surface area (Å²) in [5.74, 6) is 0.106. The molecule has 2 aromatic heterocycles. The molecular formula is C34H35ClN6O5. The fourth-order valence-corrected chi connectivity index (χ4v) is 4.50. The number of esters is 1. The Morgan fingerprint density at radius 3 is 2.59 bits per heavy atom. The number of fused-ring (bicyclic) bond motifs is 1. The number of rotatable bonds is 13. The number of hydrogen-bond acceptors (Lipinski definition) is 10. The van der Waals surface area contributed by atoms with Crippen molar-refractivity contribution in [1.29, 1.82) is 5.26 Å². The molecule has 3 N–H and O–H groups in total. The molecule has 0 unspecified atom stereocenters. The van der Waals surface area contributed by atoms with Gasteiger partial charge in [0, 0.05) is 42.2 Å². The molecule has 1 amide bonds. The molecule has 0 aliphatic rings. The van der Waals surface area contributed by atoms with E-state index in [1.165, 1.54) is 12.3 Å². The van der Waals surface area contributed by atoms with Crippen molar-refractivity contribution in [2.45, 2.75) is 39.9 Å². The van der Waals surface area contributed by atoms with Crippen LogP contribution in [0.5, 0.6) is 11.5 Å². The largest absolute Gasteiger partial charge is 0.492 e. The van der Waals surface area contributed by atoms with Crippen molar-refractivity contribution in [2.75, 3.05) is 30.3 Å². The molecule has 46 heavy (non-hydrogen) atoms. The Morgan fingerprint density at radius 1 is 1.07 bits per heavy atom. The molecule has 2 heterocycles. The van der Waals surface area contributed by atoms with Gasteiger partial charge in [-0.25, -0.2) is 0 Å². The number of ether oxygens (including phenoxy) is 3. The highest BCUT2D eigenvalue weighted by Gasteiger charge is 2.17. The molecule has 12 heteroatoms. The summed E-state index contributed by atoms with van der Waals surface area (Å²) in [5.41, 5.74) is 2.51. The second-order valence-corrected chi connectivity index (χ2v) is 11.4. The van der Waals surface area contributed by atoms with Crippen LogP contribution >= 0.6 is 11.6 Å². The number of benzene rings is 2. The smallest absolute Gasteiger partial charge is 0.320 e. The standard InChI is InChI=1S/C34H35ClN6O5/c1-5-44-30-17-27-25(16-28(30)41-31(42)10-8-13-37-20-32(43)46-34(2,3)4)33(22(18-36)19-39-27)40-23-11-12-29(26(35)15-23)45-21-24-9-6-7-14-38-24/h6-12,14-17,19,37H,5,13,20-21H2,1-4H3,(H,39,40)(H,41,42). The van der Waals surface area contributed by atoms with E-state index < -0.39 is 11.5 Å². The molecule has 0 radical (unpaired) electrons. The van der Waals surface area contributed by atoms with Crippen LogP contribution < -0.4 is 25.4 Å². The van der Waals surface area contributed by atoms with Gasteiger partial charge in [-0.2, -0.15) is 5.26 Å². The Hall–Kier alpha value is -5.18. The molecule has 0 spiro atoms. The van der Waals surface area contributed by atoms with Crippen LogP contribution in [-0.2, 0) is 20.9 Å². The van der Waals surface area contributed by atoms with E-state index in [0.717, 1.165) is 5.69 Å². The topological polar surface area (TPSA) is 147 Å². The first-order valence-electron chi connectivity index (χ1n) is 14.5. The zero-order valence-corrected chi connectivity index (χ0v) is 26.8. The van der Waals surface area contributed by atoms with Crippen LogP contribution in [0.2, 0.25) is 5.02 Å². The van der Waals surface area contributed by atoms with Crippen LogP contribution in [0.1, 0.15) is 39.0 Å². The molecule has 0 aliphatic carbocycles. The SMILES string of the molecule is CCOc1cc2ncc(C#N)c(Nc3ccc(OCc4ccccn4)c(Cl)c3)c2cc1NC(=O)C=CCNCC(=O)OC(C)(C)C. The lowest BCUT2D eigenvalue weighted by molar-refractivity contribution is -0.153. The fraction of sp³-hybridized carbons (Fsp3) is 0.265. The van der Waals surface area contributed by atoms with Gasteiger partial charge in [-0.1, -0.05) is 23.7 Å². The van der Waals surface area contributed by atoms with Gasteiger partial charge in [-0.3, -0.25) is 19.6 Å². The Balaban J connectivity index is 1.52. The quantitative estimate of drug-likeness (QED) is 0.0862. The zero-order chi connectivity index (χ0) is 33.1. The van der Waals surface area contributed by atoms with Crippen molar-refractivity contribution in [3.8, 4) is 17.6 Å². The second-order valence-electron chi connectivity index (χ2n) is 10.9. The fourth-order valence-electron chi connectivity index (χ4n) is 4.26. The lowest BCUT2D eigenvalue weighted by atomic mass is 10.1. The zero-order valence-electron chi connectivity index (χ0n) is 26.0. The van der Waals surface area contributed by atoms with Crippen LogP contribution in [0.4, 0.5) is 17.1 Å². The van der Waals surface area contributed by atoms with E-state index in [2.05, 4.69) is 32.0 Å². The molecule has 4 rings (SSSR count). The summed E-state index contributed by atoms with van der Waals surface area (Å²) in [6, 6.07) is 16.4. The summed E-state index contributed by atoms with van der Waals surface area (Å²) in [7, 11) is 0. The minimum absolute atomic E-state index is 0.0124. The maximum Gasteiger partial charge on any atom is 0.320 e. The highest BCUT2D eigenvalue weighted by Crippen LogP contribution is 2.37. The maximum absolute atomic E-state index is 12.8. The number of amides is 1. The van der Waals surface area contributed by atoms with E-state index in [1.54, 1.807) is 63.4 Å². The molecule has 0 saturated carbocycles. The number of carbonyl (C=O) groups is 2. The highest BCUT2D eigenvalue weighted by molar-refractivity contribution is 6.32. The minimum Gasteiger partial charge on any atom is -0.492 e. The third-order valence-electron chi connectivity index (χ3n) is 6.17. The Kier molecular flexibility index (Phi) is 11.5. The molecule has 0 aliphatic heterocycles. The molecule has 0 atom stereocenters. The first kappa shape index (κ1) is 33.7. The molecule has 0 bridgehead atoms. The Bertz CT molecular complexity index is 1770. The number of nitrogens with zero attached hydrogens (tertiary/aromatic N) is 3. The molecule has 2 aromatic carbocycles. The molecular weight excluding hydrogens is 608 g/mol. The van der Waals surface area contributed by atoms with Gasteiger partial charge in [-0.05, 0) is 64.1 Å². The lowest BCUT2D eigenvalue weighted by Crippen LogP contribution is -2.31. The van der Waals surface area contributed by atoms with E-state index in [-0.39, 0.29) is 31.2 Å². The molecule has 11 nitrogen and oxygen atoms in total. The highest BCUT2D eigenvalue weighted by atomic mass is 35.5. The summed E-state index contributed by atoms with van der Waals surface area (Å²) in [6.45, 7) is 8.12. The van der Waals surface area contributed by atoms with Gasteiger partial charge >= 0.3 is 5.97 Å². The van der Waals surface area contributed by atoms with Crippen LogP contribution in [0.3, 0.4) is 0 Å². The van der Waals surface area contributed by atoms with E-state index in [1.807, 2.05) is 25.1 Å². The predicted molar refractivity (Wildman–Crippen MR) is 177 cm³/mol. The summed E-state index contributed by atoms with van der Waals surface area (Å²) >= 11 is 6.53. The number of halogens is 1. The molecule has 0 fully saturated rings. The average molecular weight is 643 g/mol. The van der Waals surface area contributed by atoms with E-state index in [4.69, 9.17) is 25.8 Å². The van der Waals surface area contributed by atoms with E-state index in [9.17, 15) is 14.9 Å². The summed E-state index contributed by atoms with van der Waals surface area (Å²) in [5, 5.41) is 19.9. The summed E-state index contributed by atoms with van der Waals surface area (Å²) in [6.07, 6.45) is 6.11. The summed E-state index contributed by atoms with van der Waals surface area (Å²) < 4.78 is 16.9. The number of nitrogens with one attached hydrogen (secondary N) is 3. The number of nitriles is 1. The number of pyridine rings is 2. The van der Waals surface area contributed by atoms with E-state index in [0.29, 0.717) is 51.1 Å². The lowest BCUT2D eigenvalue weighted by Gasteiger charge is -2.19.